The van der Waals surface area contributed by atoms with Crippen LogP contribution in [0.25, 0.3) is 0 Å². The number of carbonyl (C=O) groups is 2. The van der Waals surface area contributed by atoms with E-state index >= 15 is 0 Å². The summed E-state index contributed by atoms with van der Waals surface area (Å²) in [5.74, 6) is -0.430. The van der Waals surface area contributed by atoms with Gasteiger partial charge in [0.15, 0.2) is 0 Å². The fourth-order valence-corrected chi connectivity index (χ4v) is 6.42. The van der Waals surface area contributed by atoms with Gasteiger partial charge in [0.2, 0.25) is 0 Å². The number of nitrogens with one attached hydrogen (secondary N) is 1. The van der Waals surface area contributed by atoms with Gasteiger partial charge in [-0.1, -0.05) is 6.92 Å². The molecule has 0 aromatic heterocycles. The van der Waals surface area contributed by atoms with Crippen LogP contribution in [0, 0.1) is 17.3 Å². The van der Waals surface area contributed by atoms with Crippen LogP contribution in [0.4, 0.5) is 4.79 Å². The van der Waals surface area contributed by atoms with E-state index in [1.54, 1.807) is 20.8 Å². The van der Waals surface area contributed by atoms with Gasteiger partial charge < -0.3 is 14.8 Å². The molecule has 26 heavy (non-hydrogen) atoms. The van der Waals surface area contributed by atoms with Crippen LogP contribution in [0.5, 0.6) is 0 Å². The number of esters is 1. The largest absolute Gasteiger partial charge is 0.463 e. The van der Waals surface area contributed by atoms with Crippen LogP contribution >= 0.6 is 0 Å². The number of amides is 1. The zero-order valence-electron chi connectivity index (χ0n) is 15.6. The van der Waals surface area contributed by atoms with Crippen molar-refractivity contribution in [2.24, 2.45) is 17.3 Å². The van der Waals surface area contributed by atoms with Gasteiger partial charge >= 0.3 is 12.1 Å². The zero-order chi connectivity index (χ0) is 19.3. The molecule has 2 bridgehead atoms. The molecule has 0 radical (unpaired) electrons. The highest BCUT2D eigenvalue weighted by atomic mass is 32.2. The van der Waals surface area contributed by atoms with Crippen LogP contribution in [-0.4, -0.2) is 50.6 Å². The molecule has 3 fully saturated rings. The summed E-state index contributed by atoms with van der Waals surface area (Å²) < 4.78 is 40.1. The van der Waals surface area contributed by atoms with Crippen LogP contribution < -0.4 is 5.32 Å². The highest BCUT2D eigenvalue weighted by Gasteiger charge is 2.71. The average Bonchev–Trinajstić information content (AvgIpc) is 3.14. The van der Waals surface area contributed by atoms with Gasteiger partial charge in [0.1, 0.15) is 18.3 Å². The summed E-state index contributed by atoms with van der Waals surface area (Å²) in [6, 6.07) is 0. The molecule has 1 saturated heterocycles. The number of rotatable bonds is 6. The fraction of sp³-hybridized carbons (Fsp3) is 0.882. The van der Waals surface area contributed by atoms with E-state index < -0.39 is 38.6 Å². The van der Waals surface area contributed by atoms with Crippen LogP contribution in [0.15, 0.2) is 0 Å². The summed E-state index contributed by atoms with van der Waals surface area (Å²) >= 11 is 0. The lowest BCUT2D eigenvalue weighted by Gasteiger charge is -2.33. The van der Waals surface area contributed by atoms with Crippen molar-refractivity contribution in [3.8, 4) is 0 Å². The topological polar surface area (TPSA) is 108 Å². The quantitative estimate of drug-likeness (QED) is 0.417. The summed E-state index contributed by atoms with van der Waals surface area (Å²) in [5.41, 5.74) is -1.53. The second-order valence-electron chi connectivity index (χ2n) is 8.26. The monoisotopic (exact) mass is 389 g/mol. The number of hydrogen-bond donors (Lipinski definition) is 1. The normalized spacial score (nSPS) is 36.8. The van der Waals surface area contributed by atoms with Crippen molar-refractivity contribution in [2.45, 2.75) is 63.9 Å². The van der Waals surface area contributed by atoms with E-state index in [9.17, 15) is 18.0 Å². The van der Waals surface area contributed by atoms with E-state index in [4.69, 9.17) is 13.7 Å². The molecule has 3 aliphatic rings. The van der Waals surface area contributed by atoms with Crippen molar-refractivity contribution in [2.75, 3.05) is 13.2 Å². The summed E-state index contributed by atoms with van der Waals surface area (Å²) in [5, 5.41) is 2.08. The fourth-order valence-electron chi connectivity index (χ4n) is 4.31. The summed E-state index contributed by atoms with van der Waals surface area (Å²) in [4.78, 5) is 23.9. The molecule has 1 N–H and O–H groups in total. The van der Waals surface area contributed by atoms with E-state index in [0.717, 1.165) is 0 Å². The maximum atomic E-state index is 12.1. The van der Waals surface area contributed by atoms with E-state index in [-0.39, 0.29) is 31.0 Å². The Morgan fingerprint density at radius 2 is 2.00 bits per heavy atom. The maximum Gasteiger partial charge on any atom is 0.407 e. The van der Waals surface area contributed by atoms with E-state index in [0.29, 0.717) is 19.3 Å². The van der Waals surface area contributed by atoms with Crippen molar-refractivity contribution in [1.82, 2.24) is 5.32 Å². The highest BCUT2D eigenvalue weighted by Crippen LogP contribution is 2.61. The van der Waals surface area contributed by atoms with Gasteiger partial charge in [-0.3, -0.25) is 8.98 Å². The van der Waals surface area contributed by atoms with Gasteiger partial charge in [0, 0.05) is 11.8 Å². The molecule has 5 unspecified atom stereocenters. The smallest absolute Gasteiger partial charge is 0.407 e. The lowest BCUT2D eigenvalue weighted by molar-refractivity contribution is -0.153. The average molecular weight is 389 g/mol. The Hall–Kier alpha value is -1.35. The molecule has 5 atom stereocenters. The van der Waals surface area contributed by atoms with Crippen molar-refractivity contribution < 1.29 is 31.7 Å². The molecule has 1 heterocycles. The number of carbonyl (C=O) groups excluding carboxylic acids is 2. The Morgan fingerprint density at radius 1 is 1.31 bits per heavy atom. The van der Waals surface area contributed by atoms with Crippen LogP contribution in [0.2, 0.25) is 0 Å². The van der Waals surface area contributed by atoms with Crippen molar-refractivity contribution in [3.63, 3.8) is 0 Å². The molecule has 148 valence electrons. The van der Waals surface area contributed by atoms with Crippen molar-refractivity contribution in [3.05, 3.63) is 0 Å². The summed E-state index contributed by atoms with van der Waals surface area (Å²) in [7, 11) is -3.57. The number of hydrogen-bond acceptors (Lipinski definition) is 7. The molecular formula is C17H27NO7S. The number of fused-ring (bicyclic) bond motifs is 1. The maximum absolute atomic E-state index is 12.1. The standard InChI is InChI=1S/C17H27NO7S/c1-5-16(2,3)14(19)23-7-6-18-15(20)24-13-10-8-11-12(9-10)26(21,22)25-17(11,13)4/h10-13H,5-9H2,1-4H3,(H,18,20). The van der Waals surface area contributed by atoms with Crippen LogP contribution in [0.3, 0.4) is 0 Å². The number of ether oxygens (including phenoxy) is 2. The Labute approximate surface area is 154 Å². The minimum absolute atomic E-state index is 0.00112. The van der Waals surface area contributed by atoms with Gasteiger partial charge in [0.05, 0.1) is 17.2 Å². The van der Waals surface area contributed by atoms with Crippen LogP contribution in [-0.2, 0) is 28.6 Å². The highest BCUT2D eigenvalue weighted by molar-refractivity contribution is 7.87. The molecule has 2 saturated carbocycles. The molecule has 9 heteroatoms. The molecule has 8 nitrogen and oxygen atoms in total. The minimum atomic E-state index is -3.57. The molecule has 2 aliphatic carbocycles. The molecule has 0 aromatic rings. The zero-order valence-corrected chi connectivity index (χ0v) is 16.4. The lowest BCUT2D eigenvalue weighted by atomic mass is 9.83. The van der Waals surface area contributed by atoms with E-state index in [1.807, 2.05) is 6.92 Å². The molecule has 0 aromatic carbocycles. The lowest BCUT2D eigenvalue weighted by Crippen LogP contribution is -2.48. The van der Waals surface area contributed by atoms with Crippen molar-refractivity contribution >= 4 is 22.2 Å². The molecule has 1 aliphatic heterocycles. The molecule has 0 spiro atoms. The third kappa shape index (κ3) is 3.09. The molecule has 1 amide bonds. The SMILES string of the molecule is CCC(C)(C)C(=O)OCCNC(=O)OC1C2CC3C(C2)S(=O)(=O)OC31C. The first-order valence-corrected chi connectivity index (χ1v) is 10.5. The van der Waals surface area contributed by atoms with Gasteiger partial charge in [-0.15, -0.1) is 0 Å². The van der Waals surface area contributed by atoms with Gasteiger partial charge in [0.25, 0.3) is 10.1 Å². The molecular weight excluding hydrogens is 362 g/mol. The minimum Gasteiger partial charge on any atom is -0.463 e. The summed E-state index contributed by atoms with van der Waals surface area (Å²) in [6.45, 7) is 7.40. The van der Waals surface area contributed by atoms with Gasteiger partial charge in [-0.25, -0.2) is 4.79 Å². The van der Waals surface area contributed by atoms with E-state index in [1.165, 1.54) is 0 Å². The first-order valence-electron chi connectivity index (χ1n) is 9.07. The first kappa shape index (κ1) is 19.4. The van der Waals surface area contributed by atoms with E-state index in [2.05, 4.69) is 5.32 Å². The van der Waals surface area contributed by atoms with Crippen molar-refractivity contribution in [1.29, 1.82) is 0 Å². The predicted molar refractivity (Wildman–Crippen MR) is 91.7 cm³/mol. The Kier molecular flexibility index (Phi) is 4.75. The Morgan fingerprint density at radius 3 is 2.65 bits per heavy atom. The Bertz CT molecular complexity index is 704. The second kappa shape index (κ2) is 6.37. The Balaban J connectivity index is 1.47. The third-order valence-electron chi connectivity index (χ3n) is 6.21. The summed E-state index contributed by atoms with van der Waals surface area (Å²) in [6.07, 6.45) is 0.599. The van der Waals surface area contributed by atoms with Gasteiger partial charge in [-0.05, 0) is 40.0 Å². The second-order valence-corrected chi connectivity index (χ2v) is 10.0. The predicted octanol–water partition coefficient (Wildman–Crippen LogP) is 1.59. The van der Waals surface area contributed by atoms with Crippen LogP contribution in [0.1, 0.15) is 47.0 Å². The number of alkyl carbamates (subject to hydrolysis) is 1. The molecule has 3 rings (SSSR count). The third-order valence-corrected chi connectivity index (χ3v) is 8.07. The first-order chi connectivity index (χ1) is 12.0. The van der Waals surface area contributed by atoms with Gasteiger partial charge in [-0.2, -0.15) is 8.42 Å².